The van der Waals surface area contributed by atoms with Gasteiger partial charge in [-0.2, -0.15) is 0 Å². The Morgan fingerprint density at radius 2 is 1.69 bits per heavy atom. The van der Waals surface area contributed by atoms with Gasteiger partial charge >= 0.3 is 0 Å². The maximum absolute atomic E-state index is 9.00. The standard InChI is InChI=1S/C13H13N5.2C2H4O2/c1-4-14-5-2-11(1)3-7-18-8-6-16-13(18)12-9-15-10-17-12;2*1-2(3)4/h1-2,4-6,8-10H,3,7H2,(H,15,17);2*1H3,(H,3,4). The molecule has 3 aromatic rings. The third kappa shape index (κ3) is 8.39. The van der Waals surface area contributed by atoms with E-state index in [9.17, 15) is 0 Å². The van der Waals surface area contributed by atoms with Gasteiger partial charge in [0.25, 0.3) is 11.9 Å². The molecule has 0 atom stereocenters. The van der Waals surface area contributed by atoms with Crippen molar-refractivity contribution in [1.29, 1.82) is 0 Å². The number of hydrogen-bond donors (Lipinski definition) is 3. The Morgan fingerprint density at radius 1 is 1.08 bits per heavy atom. The van der Waals surface area contributed by atoms with Crippen LogP contribution in [0.1, 0.15) is 19.4 Å². The minimum absolute atomic E-state index is 0.833. The Hall–Kier alpha value is -3.49. The number of carboxylic acid groups (broad SMARTS) is 2. The van der Waals surface area contributed by atoms with E-state index < -0.39 is 11.9 Å². The molecule has 0 saturated carbocycles. The Labute approximate surface area is 150 Å². The van der Waals surface area contributed by atoms with Crippen LogP contribution < -0.4 is 0 Å². The molecule has 0 saturated heterocycles. The molecule has 3 heterocycles. The van der Waals surface area contributed by atoms with Gasteiger partial charge in [0, 0.05) is 45.2 Å². The van der Waals surface area contributed by atoms with Crippen molar-refractivity contribution in [3.63, 3.8) is 0 Å². The van der Waals surface area contributed by atoms with Crippen molar-refractivity contribution in [2.24, 2.45) is 0 Å². The SMILES string of the molecule is CC(=O)O.CC(=O)O.c1cc(CCn2ccnc2-c2cnc[nH]2)ccn1. The van der Waals surface area contributed by atoms with Crippen LogP contribution in [0.3, 0.4) is 0 Å². The van der Waals surface area contributed by atoms with Gasteiger partial charge in [0.15, 0.2) is 5.82 Å². The molecule has 3 N–H and O–H groups in total. The summed E-state index contributed by atoms with van der Waals surface area (Å²) in [5, 5.41) is 14.8. The zero-order valence-corrected chi connectivity index (χ0v) is 14.5. The van der Waals surface area contributed by atoms with Crippen molar-refractivity contribution < 1.29 is 19.8 Å². The minimum atomic E-state index is -0.833. The Kier molecular flexibility index (Phi) is 8.80. The molecule has 0 unspecified atom stereocenters. The van der Waals surface area contributed by atoms with E-state index in [1.54, 1.807) is 12.5 Å². The average Bonchev–Trinajstić information content (AvgIpc) is 3.24. The van der Waals surface area contributed by atoms with Gasteiger partial charge in [0.1, 0.15) is 5.69 Å². The van der Waals surface area contributed by atoms with Gasteiger partial charge in [-0.15, -0.1) is 0 Å². The summed E-state index contributed by atoms with van der Waals surface area (Å²) in [7, 11) is 0. The van der Waals surface area contributed by atoms with Crippen molar-refractivity contribution in [3.8, 4) is 11.5 Å². The van der Waals surface area contributed by atoms with Crippen LogP contribution in [0.5, 0.6) is 0 Å². The highest BCUT2D eigenvalue weighted by molar-refractivity contribution is 5.63. The zero-order valence-electron chi connectivity index (χ0n) is 14.5. The predicted molar refractivity (Wildman–Crippen MR) is 94.4 cm³/mol. The smallest absolute Gasteiger partial charge is 0.300 e. The first-order chi connectivity index (χ1) is 12.4. The zero-order chi connectivity index (χ0) is 19.4. The average molecular weight is 359 g/mol. The number of aromatic amines is 1. The van der Waals surface area contributed by atoms with Gasteiger partial charge in [-0.1, -0.05) is 0 Å². The summed E-state index contributed by atoms with van der Waals surface area (Å²) in [5.74, 6) is -0.749. The Bertz CT molecular complexity index is 765. The molecule has 0 fully saturated rings. The molecular weight excluding hydrogens is 338 g/mol. The normalized spacial score (nSPS) is 9.31. The number of aliphatic carboxylic acids is 2. The molecular formula is C17H21N5O4. The van der Waals surface area contributed by atoms with E-state index in [-0.39, 0.29) is 0 Å². The van der Waals surface area contributed by atoms with Crippen molar-refractivity contribution in [2.45, 2.75) is 26.8 Å². The van der Waals surface area contributed by atoms with E-state index in [1.807, 2.05) is 36.9 Å². The fraction of sp³-hybridized carbons (Fsp3) is 0.235. The second-order valence-electron chi connectivity index (χ2n) is 5.05. The first-order valence-electron chi connectivity index (χ1n) is 7.68. The van der Waals surface area contributed by atoms with Crippen molar-refractivity contribution in [1.82, 2.24) is 24.5 Å². The quantitative estimate of drug-likeness (QED) is 0.649. The van der Waals surface area contributed by atoms with Crippen molar-refractivity contribution in [2.75, 3.05) is 0 Å². The molecule has 0 radical (unpaired) electrons. The first kappa shape index (κ1) is 20.6. The molecule has 0 aliphatic carbocycles. The van der Waals surface area contributed by atoms with E-state index in [1.165, 1.54) is 5.56 Å². The number of nitrogens with zero attached hydrogens (tertiary/aromatic N) is 4. The predicted octanol–water partition coefficient (Wildman–Crippen LogP) is 2.09. The lowest BCUT2D eigenvalue weighted by Gasteiger charge is -2.06. The van der Waals surface area contributed by atoms with Crippen LogP contribution in [0.4, 0.5) is 0 Å². The topological polar surface area (TPSA) is 134 Å². The van der Waals surface area contributed by atoms with Crippen LogP contribution in [-0.4, -0.2) is 46.7 Å². The molecule has 0 aromatic carbocycles. The molecule has 26 heavy (non-hydrogen) atoms. The van der Waals surface area contributed by atoms with E-state index in [0.29, 0.717) is 0 Å². The van der Waals surface area contributed by atoms with Gasteiger partial charge in [0.2, 0.25) is 0 Å². The lowest BCUT2D eigenvalue weighted by molar-refractivity contribution is -0.135. The largest absolute Gasteiger partial charge is 0.481 e. The Balaban J connectivity index is 0.000000360. The lowest BCUT2D eigenvalue weighted by Crippen LogP contribution is -2.02. The summed E-state index contributed by atoms with van der Waals surface area (Å²) in [6.07, 6.45) is 11.8. The fourth-order valence-corrected chi connectivity index (χ4v) is 1.91. The molecule has 9 nitrogen and oxygen atoms in total. The van der Waals surface area contributed by atoms with E-state index in [4.69, 9.17) is 19.8 Å². The highest BCUT2D eigenvalue weighted by Crippen LogP contribution is 2.14. The summed E-state index contributed by atoms with van der Waals surface area (Å²) in [6, 6.07) is 4.07. The van der Waals surface area contributed by atoms with E-state index in [0.717, 1.165) is 38.3 Å². The Morgan fingerprint density at radius 3 is 2.23 bits per heavy atom. The third-order valence-electron chi connectivity index (χ3n) is 2.85. The number of hydrogen-bond acceptors (Lipinski definition) is 5. The van der Waals surface area contributed by atoms with Crippen molar-refractivity contribution >= 4 is 11.9 Å². The highest BCUT2D eigenvalue weighted by atomic mass is 16.4. The molecule has 0 aliphatic rings. The highest BCUT2D eigenvalue weighted by Gasteiger charge is 2.06. The van der Waals surface area contributed by atoms with Crippen LogP contribution >= 0.6 is 0 Å². The molecule has 3 aromatic heterocycles. The van der Waals surface area contributed by atoms with Crippen LogP contribution in [0, 0.1) is 0 Å². The monoisotopic (exact) mass is 359 g/mol. The summed E-state index contributed by atoms with van der Waals surface area (Å²) in [5.41, 5.74) is 2.21. The number of rotatable bonds is 4. The lowest BCUT2D eigenvalue weighted by atomic mass is 10.2. The number of pyridine rings is 1. The van der Waals surface area contributed by atoms with Gasteiger partial charge in [0.05, 0.1) is 12.5 Å². The molecule has 0 amide bonds. The summed E-state index contributed by atoms with van der Waals surface area (Å²) in [4.78, 5) is 33.5. The number of aromatic nitrogens is 5. The molecule has 3 rings (SSSR count). The number of imidazole rings is 2. The third-order valence-corrected chi connectivity index (χ3v) is 2.85. The number of H-pyrrole nitrogens is 1. The number of aryl methyl sites for hydroxylation is 2. The van der Waals surface area contributed by atoms with E-state index in [2.05, 4.69) is 24.5 Å². The summed E-state index contributed by atoms with van der Waals surface area (Å²) < 4.78 is 2.12. The molecule has 0 bridgehead atoms. The van der Waals surface area contributed by atoms with Crippen LogP contribution in [-0.2, 0) is 22.6 Å². The number of nitrogens with one attached hydrogen (secondary N) is 1. The molecule has 0 aliphatic heterocycles. The summed E-state index contributed by atoms with van der Waals surface area (Å²) in [6.45, 7) is 3.05. The van der Waals surface area contributed by atoms with Crippen LogP contribution in [0.15, 0.2) is 49.4 Å². The molecule has 0 spiro atoms. The summed E-state index contributed by atoms with van der Waals surface area (Å²) >= 11 is 0. The van der Waals surface area contributed by atoms with Crippen LogP contribution in [0.25, 0.3) is 11.5 Å². The van der Waals surface area contributed by atoms with Crippen LogP contribution in [0.2, 0.25) is 0 Å². The van der Waals surface area contributed by atoms with Crippen molar-refractivity contribution in [3.05, 3.63) is 55.0 Å². The van der Waals surface area contributed by atoms with E-state index >= 15 is 0 Å². The van der Waals surface area contributed by atoms with Gasteiger partial charge < -0.3 is 19.8 Å². The fourth-order valence-electron chi connectivity index (χ4n) is 1.91. The second kappa shape index (κ2) is 11.1. The maximum atomic E-state index is 9.00. The molecule has 138 valence electrons. The first-order valence-corrected chi connectivity index (χ1v) is 7.68. The van der Waals surface area contributed by atoms with Gasteiger partial charge in [-0.3, -0.25) is 14.6 Å². The number of carboxylic acids is 2. The molecule has 9 heteroatoms. The maximum Gasteiger partial charge on any atom is 0.300 e. The number of carbonyl (C=O) groups is 2. The second-order valence-corrected chi connectivity index (χ2v) is 5.05. The minimum Gasteiger partial charge on any atom is -0.481 e. The van der Waals surface area contributed by atoms with Gasteiger partial charge in [-0.25, -0.2) is 9.97 Å². The van der Waals surface area contributed by atoms with Gasteiger partial charge in [-0.05, 0) is 24.1 Å².